The average molecular weight is 441 g/mol. The lowest BCUT2D eigenvalue weighted by Gasteiger charge is -2.20. The van der Waals surface area contributed by atoms with Crippen LogP contribution in [0.25, 0.3) is 0 Å². The molecular weight excluding hydrogens is 416 g/mol. The molecule has 1 heterocycles. The summed E-state index contributed by atoms with van der Waals surface area (Å²) in [5.74, 6) is 1.66. The molecule has 0 bridgehead atoms. The summed E-state index contributed by atoms with van der Waals surface area (Å²) >= 11 is 3.50. The summed E-state index contributed by atoms with van der Waals surface area (Å²) in [6.07, 6.45) is 0. The molecule has 146 valence electrons. The molecule has 0 aliphatic carbocycles. The summed E-state index contributed by atoms with van der Waals surface area (Å²) in [7, 11) is 0. The Morgan fingerprint density at radius 1 is 0.893 bits per heavy atom. The SMILES string of the molecule is CCN(CC)c1nc(Nc2cccc(Br)c2)nc(Nc2cc(C)ccc2C)n1. The molecule has 7 heteroatoms. The first kappa shape index (κ1) is 20.1. The van der Waals surface area contributed by atoms with E-state index in [-0.39, 0.29) is 0 Å². The summed E-state index contributed by atoms with van der Waals surface area (Å²) in [6, 6.07) is 14.2. The molecule has 0 fully saturated rings. The van der Waals surface area contributed by atoms with Crippen molar-refractivity contribution >= 4 is 45.1 Å². The zero-order chi connectivity index (χ0) is 20.1. The van der Waals surface area contributed by atoms with E-state index in [1.807, 2.05) is 24.3 Å². The van der Waals surface area contributed by atoms with Crippen LogP contribution in [0, 0.1) is 13.8 Å². The smallest absolute Gasteiger partial charge is 0.233 e. The minimum Gasteiger partial charge on any atom is -0.341 e. The Bertz CT molecular complexity index is 955. The van der Waals surface area contributed by atoms with Gasteiger partial charge in [-0.2, -0.15) is 15.0 Å². The van der Waals surface area contributed by atoms with Gasteiger partial charge in [0.15, 0.2) is 0 Å². The highest BCUT2D eigenvalue weighted by Gasteiger charge is 2.12. The maximum Gasteiger partial charge on any atom is 0.233 e. The average Bonchev–Trinajstić information content (AvgIpc) is 2.66. The van der Waals surface area contributed by atoms with Gasteiger partial charge in [0.25, 0.3) is 0 Å². The van der Waals surface area contributed by atoms with Crippen molar-refractivity contribution < 1.29 is 0 Å². The van der Waals surface area contributed by atoms with Gasteiger partial charge in [0.05, 0.1) is 0 Å². The van der Waals surface area contributed by atoms with Crippen molar-refractivity contribution in [2.45, 2.75) is 27.7 Å². The minimum atomic E-state index is 0.503. The second-order valence-electron chi connectivity index (χ2n) is 6.53. The molecule has 1 aromatic heterocycles. The van der Waals surface area contributed by atoms with Crippen LogP contribution in [0.1, 0.15) is 25.0 Å². The maximum absolute atomic E-state index is 4.64. The number of aromatic nitrogens is 3. The molecule has 0 spiro atoms. The fraction of sp³-hybridized carbons (Fsp3) is 0.286. The highest BCUT2D eigenvalue weighted by atomic mass is 79.9. The lowest BCUT2D eigenvalue weighted by Crippen LogP contribution is -2.25. The van der Waals surface area contributed by atoms with Crippen LogP contribution in [-0.2, 0) is 0 Å². The van der Waals surface area contributed by atoms with Crippen LogP contribution in [0.5, 0.6) is 0 Å². The fourth-order valence-electron chi connectivity index (χ4n) is 2.81. The standard InChI is InChI=1S/C21H25BrN6/c1-5-28(6-2)21-26-19(23-17-9-7-8-16(22)13-17)25-20(27-21)24-18-12-14(3)10-11-15(18)4/h7-13H,5-6H2,1-4H3,(H2,23,24,25,26,27). The Morgan fingerprint density at radius 3 is 2.29 bits per heavy atom. The van der Waals surface area contributed by atoms with Crippen LogP contribution < -0.4 is 15.5 Å². The van der Waals surface area contributed by atoms with Crippen molar-refractivity contribution in [3.05, 3.63) is 58.1 Å². The van der Waals surface area contributed by atoms with Crippen molar-refractivity contribution in [1.82, 2.24) is 15.0 Å². The molecule has 2 aromatic carbocycles. The molecule has 0 aliphatic heterocycles. The van der Waals surface area contributed by atoms with Gasteiger partial charge in [0, 0.05) is 28.9 Å². The van der Waals surface area contributed by atoms with Gasteiger partial charge in [-0.3, -0.25) is 0 Å². The van der Waals surface area contributed by atoms with Crippen LogP contribution in [-0.4, -0.2) is 28.0 Å². The van der Waals surface area contributed by atoms with Crippen LogP contribution in [0.3, 0.4) is 0 Å². The van der Waals surface area contributed by atoms with Crippen molar-refractivity contribution in [1.29, 1.82) is 0 Å². The van der Waals surface area contributed by atoms with Crippen LogP contribution in [0.15, 0.2) is 46.9 Å². The van der Waals surface area contributed by atoms with E-state index in [0.29, 0.717) is 17.8 Å². The third kappa shape index (κ3) is 4.98. The summed E-state index contributed by atoms with van der Waals surface area (Å²) in [6.45, 7) is 9.95. The van der Waals surface area contributed by atoms with Crippen LogP contribution in [0.4, 0.5) is 29.2 Å². The van der Waals surface area contributed by atoms with Gasteiger partial charge in [0.2, 0.25) is 17.8 Å². The molecule has 3 aromatic rings. The number of benzene rings is 2. The first-order chi connectivity index (χ1) is 13.5. The second-order valence-corrected chi connectivity index (χ2v) is 7.45. The van der Waals surface area contributed by atoms with E-state index < -0.39 is 0 Å². The molecule has 0 atom stereocenters. The Labute approximate surface area is 174 Å². The zero-order valence-electron chi connectivity index (χ0n) is 16.6. The van der Waals surface area contributed by atoms with E-state index in [1.54, 1.807) is 0 Å². The van der Waals surface area contributed by atoms with E-state index in [1.165, 1.54) is 5.56 Å². The molecule has 3 rings (SSSR count). The molecular formula is C21H25BrN6. The Balaban J connectivity index is 1.98. The first-order valence-corrected chi connectivity index (χ1v) is 10.2. The second kappa shape index (κ2) is 9.01. The lowest BCUT2D eigenvalue weighted by molar-refractivity contribution is 0.815. The van der Waals surface area contributed by atoms with Crippen LogP contribution >= 0.6 is 15.9 Å². The Morgan fingerprint density at radius 2 is 1.61 bits per heavy atom. The number of aryl methyl sites for hydroxylation is 2. The van der Waals surface area contributed by atoms with Gasteiger partial charge in [0.1, 0.15) is 0 Å². The summed E-state index contributed by atoms with van der Waals surface area (Å²) in [5, 5.41) is 6.64. The van der Waals surface area contributed by atoms with Gasteiger partial charge in [-0.1, -0.05) is 34.1 Å². The molecule has 6 nitrogen and oxygen atoms in total. The molecule has 0 saturated carbocycles. The topological polar surface area (TPSA) is 66.0 Å². The Hall–Kier alpha value is -2.67. The lowest BCUT2D eigenvalue weighted by atomic mass is 10.1. The largest absolute Gasteiger partial charge is 0.341 e. The minimum absolute atomic E-state index is 0.503. The number of nitrogens with zero attached hydrogens (tertiary/aromatic N) is 4. The number of anilines is 5. The first-order valence-electron chi connectivity index (χ1n) is 9.36. The van der Waals surface area contributed by atoms with Crippen LogP contribution in [0.2, 0.25) is 0 Å². The highest BCUT2D eigenvalue weighted by Crippen LogP contribution is 2.24. The number of hydrogen-bond acceptors (Lipinski definition) is 6. The molecule has 0 amide bonds. The summed E-state index contributed by atoms with van der Waals surface area (Å²) < 4.78 is 0.990. The van der Waals surface area contributed by atoms with E-state index in [2.05, 4.69) is 92.3 Å². The third-order valence-corrected chi connectivity index (χ3v) is 4.88. The zero-order valence-corrected chi connectivity index (χ0v) is 18.2. The number of nitrogens with one attached hydrogen (secondary N) is 2. The number of rotatable bonds is 7. The summed E-state index contributed by atoms with van der Waals surface area (Å²) in [5.41, 5.74) is 4.21. The van der Waals surface area contributed by atoms with Crippen molar-refractivity contribution in [2.24, 2.45) is 0 Å². The number of hydrogen-bond donors (Lipinski definition) is 2. The quantitative estimate of drug-likeness (QED) is 0.499. The Kier molecular flexibility index (Phi) is 6.46. The maximum atomic E-state index is 4.64. The van der Waals surface area contributed by atoms with Crippen molar-refractivity contribution in [2.75, 3.05) is 28.6 Å². The van der Waals surface area contributed by atoms with Crippen molar-refractivity contribution in [3.8, 4) is 0 Å². The molecule has 0 saturated heterocycles. The van der Waals surface area contributed by atoms with Gasteiger partial charge in [-0.05, 0) is 63.1 Å². The third-order valence-electron chi connectivity index (χ3n) is 4.39. The molecule has 0 aliphatic rings. The predicted molar refractivity (Wildman–Crippen MR) is 120 cm³/mol. The monoisotopic (exact) mass is 440 g/mol. The fourth-order valence-corrected chi connectivity index (χ4v) is 3.21. The van der Waals surface area contributed by atoms with E-state index in [0.717, 1.165) is 34.5 Å². The molecule has 2 N–H and O–H groups in total. The normalized spacial score (nSPS) is 10.6. The predicted octanol–water partition coefficient (Wildman–Crippen LogP) is 5.58. The van der Waals surface area contributed by atoms with Gasteiger partial charge in [-0.25, -0.2) is 0 Å². The van der Waals surface area contributed by atoms with Gasteiger partial charge >= 0.3 is 0 Å². The van der Waals surface area contributed by atoms with Gasteiger partial charge in [-0.15, -0.1) is 0 Å². The van der Waals surface area contributed by atoms with E-state index in [9.17, 15) is 0 Å². The van der Waals surface area contributed by atoms with E-state index >= 15 is 0 Å². The number of halogens is 1. The molecule has 28 heavy (non-hydrogen) atoms. The molecule has 0 radical (unpaired) electrons. The van der Waals surface area contributed by atoms with Gasteiger partial charge < -0.3 is 15.5 Å². The molecule has 0 unspecified atom stereocenters. The van der Waals surface area contributed by atoms with Crippen molar-refractivity contribution in [3.63, 3.8) is 0 Å². The highest BCUT2D eigenvalue weighted by molar-refractivity contribution is 9.10. The summed E-state index contributed by atoms with van der Waals surface area (Å²) in [4.78, 5) is 16.0. The van der Waals surface area contributed by atoms with E-state index in [4.69, 9.17) is 0 Å².